The summed E-state index contributed by atoms with van der Waals surface area (Å²) in [5.74, 6) is 0.576. The van der Waals surface area contributed by atoms with Crippen molar-refractivity contribution in [2.45, 2.75) is 45.8 Å². The molecule has 0 saturated carbocycles. The fourth-order valence-corrected chi connectivity index (χ4v) is 2.46. The SMILES string of the molecule is CC(C)CC(C)(C)NC(=O)NC[C@H](O)c1cccc(O)c1. The van der Waals surface area contributed by atoms with Gasteiger partial charge in [-0.25, -0.2) is 4.79 Å². The minimum absolute atomic E-state index is 0.0903. The van der Waals surface area contributed by atoms with Gasteiger partial charge in [0.1, 0.15) is 5.75 Å². The molecule has 4 N–H and O–H groups in total. The number of nitrogens with one attached hydrogen (secondary N) is 2. The molecule has 21 heavy (non-hydrogen) atoms. The second-order valence-electron chi connectivity index (χ2n) is 6.43. The summed E-state index contributed by atoms with van der Waals surface area (Å²) < 4.78 is 0. The maximum atomic E-state index is 11.9. The van der Waals surface area contributed by atoms with E-state index in [1.165, 1.54) is 12.1 Å². The van der Waals surface area contributed by atoms with E-state index in [4.69, 9.17) is 0 Å². The summed E-state index contributed by atoms with van der Waals surface area (Å²) in [6, 6.07) is 6.06. The number of aliphatic hydroxyl groups excluding tert-OH is 1. The van der Waals surface area contributed by atoms with E-state index in [-0.39, 0.29) is 23.9 Å². The number of hydrogen-bond acceptors (Lipinski definition) is 3. The Morgan fingerprint density at radius 3 is 2.57 bits per heavy atom. The van der Waals surface area contributed by atoms with Crippen molar-refractivity contribution in [1.82, 2.24) is 10.6 Å². The van der Waals surface area contributed by atoms with Crippen LogP contribution in [0, 0.1) is 5.92 Å². The number of aliphatic hydroxyl groups is 1. The number of phenolic OH excluding ortho intramolecular Hbond substituents is 1. The fourth-order valence-electron chi connectivity index (χ4n) is 2.46. The van der Waals surface area contributed by atoms with Crippen LogP contribution in [-0.2, 0) is 0 Å². The number of urea groups is 1. The zero-order valence-corrected chi connectivity index (χ0v) is 13.2. The van der Waals surface area contributed by atoms with Crippen molar-refractivity contribution in [3.05, 3.63) is 29.8 Å². The molecular formula is C16H26N2O3. The Morgan fingerprint density at radius 1 is 1.33 bits per heavy atom. The molecule has 1 aromatic carbocycles. The molecule has 118 valence electrons. The highest BCUT2D eigenvalue weighted by Gasteiger charge is 2.21. The summed E-state index contributed by atoms with van der Waals surface area (Å²) in [6.07, 6.45) is 0.0197. The molecule has 1 rings (SSSR count). The van der Waals surface area contributed by atoms with Crippen molar-refractivity contribution in [2.24, 2.45) is 5.92 Å². The number of rotatable bonds is 6. The van der Waals surface area contributed by atoms with E-state index in [1.54, 1.807) is 12.1 Å². The molecule has 0 saturated heterocycles. The molecule has 1 aromatic rings. The van der Waals surface area contributed by atoms with E-state index in [1.807, 2.05) is 13.8 Å². The zero-order chi connectivity index (χ0) is 16.0. The summed E-state index contributed by atoms with van der Waals surface area (Å²) in [4.78, 5) is 11.9. The highest BCUT2D eigenvalue weighted by Crippen LogP contribution is 2.18. The van der Waals surface area contributed by atoms with Gasteiger partial charge in [-0.1, -0.05) is 26.0 Å². The highest BCUT2D eigenvalue weighted by atomic mass is 16.3. The van der Waals surface area contributed by atoms with Crippen LogP contribution in [0.2, 0.25) is 0 Å². The average Bonchev–Trinajstić information content (AvgIpc) is 2.33. The molecule has 0 aliphatic rings. The smallest absolute Gasteiger partial charge is 0.315 e. The van der Waals surface area contributed by atoms with E-state index >= 15 is 0 Å². The third kappa shape index (κ3) is 6.49. The monoisotopic (exact) mass is 294 g/mol. The number of amides is 2. The molecular weight excluding hydrogens is 268 g/mol. The maximum absolute atomic E-state index is 11.9. The quantitative estimate of drug-likeness (QED) is 0.651. The molecule has 2 amide bonds. The third-order valence-corrected chi connectivity index (χ3v) is 3.08. The average molecular weight is 294 g/mol. The van der Waals surface area contributed by atoms with Gasteiger partial charge in [0, 0.05) is 12.1 Å². The molecule has 0 heterocycles. The molecule has 0 bridgehead atoms. The molecule has 5 nitrogen and oxygen atoms in total. The van der Waals surface area contributed by atoms with Gasteiger partial charge >= 0.3 is 6.03 Å². The largest absolute Gasteiger partial charge is 0.508 e. The Kier molecular flexibility index (Phi) is 6.03. The van der Waals surface area contributed by atoms with Crippen molar-refractivity contribution < 1.29 is 15.0 Å². The molecule has 0 spiro atoms. The van der Waals surface area contributed by atoms with Crippen LogP contribution in [0.25, 0.3) is 0 Å². The van der Waals surface area contributed by atoms with Crippen LogP contribution >= 0.6 is 0 Å². The second kappa shape index (κ2) is 7.31. The van der Waals surface area contributed by atoms with Gasteiger partial charge < -0.3 is 20.8 Å². The summed E-state index contributed by atoms with van der Waals surface area (Å²) in [7, 11) is 0. The maximum Gasteiger partial charge on any atom is 0.315 e. The molecule has 0 unspecified atom stereocenters. The Balaban J connectivity index is 2.46. The molecule has 0 aliphatic heterocycles. The van der Waals surface area contributed by atoms with Gasteiger partial charge in [0.05, 0.1) is 6.10 Å². The first kappa shape index (κ1) is 17.3. The van der Waals surface area contributed by atoms with E-state index < -0.39 is 6.10 Å². The summed E-state index contributed by atoms with van der Waals surface area (Å²) in [5, 5.41) is 24.9. The Bertz CT molecular complexity index is 472. The number of carbonyl (C=O) groups is 1. The summed E-state index contributed by atoms with van der Waals surface area (Å²) in [6.45, 7) is 8.24. The van der Waals surface area contributed by atoms with E-state index in [0.717, 1.165) is 6.42 Å². The molecule has 1 atom stereocenters. The first-order chi connectivity index (χ1) is 9.69. The number of benzene rings is 1. The summed E-state index contributed by atoms with van der Waals surface area (Å²) in [5.41, 5.74) is 0.269. The van der Waals surface area contributed by atoms with Gasteiger partial charge in [-0.15, -0.1) is 0 Å². The molecule has 0 aliphatic carbocycles. The minimum Gasteiger partial charge on any atom is -0.508 e. The van der Waals surface area contributed by atoms with Gasteiger partial charge in [-0.3, -0.25) is 0 Å². The number of hydrogen-bond donors (Lipinski definition) is 4. The first-order valence-corrected chi connectivity index (χ1v) is 7.22. The molecule has 5 heteroatoms. The highest BCUT2D eigenvalue weighted by molar-refractivity contribution is 5.74. The second-order valence-corrected chi connectivity index (χ2v) is 6.43. The summed E-state index contributed by atoms with van der Waals surface area (Å²) >= 11 is 0. The van der Waals surface area contributed by atoms with Crippen LogP contribution in [0.3, 0.4) is 0 Å². The van der Waals surface area contributed by atoms with Crippen LogP contribution in [0.5, 0.6) is 5.75 Å². The van der Waals surface area contributed by atoms with Crippen LogP contribution in [0.15, 0.2) is 24.3 Å². The Morgan fingerprint density at radius 2 is 2.00 bits per heavy atom. The van der Waals surface area contributed by atoms with Crippen molar-refractivity contribution in [3.63, 3.8) is 0 Å². The Labute approximate surface area is 126 Å². The predicted molar refractivity (Wildman–Crippen MR) is 83.1 cm³/mol. The Hall–Kier alpha value is -1.75. The number of phenols is 1. The van der Waals surface area contributed by atoms with E-state index in [2.05, 4.69) is 24.5 Å². The van der Waals surface area contributed by atoms with Crippen LogP contribution in [0.1, 0.15) is 45.8 Å². The van der Waals surface area contributed by atoms with Gasteiger partial charge in [0.2, 0.25) is 0 Å². The minimum atomic E-state index is -0.851. The van der Waals surface area contributed by atoms with Crippen molar-refractivity contribution in [3.8, 4) is 5.75 Å². The lowest BCUT2D eigenvalue weighted by Crippen LogP contribution is -2.49. The third-order valence-electron chi connectivity index (χ3n) is 3.08. The topological polar surface area (TPSA) is 81.6 Å². The number of carbonyl (C=O) groups excluding carboxylic acids is 1. The van der Waals surface area contributed by atoms with Crippen molar-refractivity contribution in [2.75, 3.05) is 6.54 Å². The van der Waals surface area contributed by atoms with Crippen molar-refractivity contribution in [1.29, 1.82) is 0 Å². The fraction of sp³-hybridized carbons (Fsp3) is 0.562. The van der Waals surface area contributed by atoms with Crippen LogP contribution in [0.4, 0.5) is 4.79 Å². The van der Waals surface area contributed by atoms with E-state index in [9.17, 15) is 15.0 Å². The first-order valence-electron chi connectivity index (χ1n) is 7.22. The predicted octanol–water partition coefficient (Wildman–Crippen LogP) is 2.55. The van der Waals surface area contributed by atoms with Gasteiger partial charge in [0.15, 0.2) is 0 Å². The number of aromatic hydroxyl groups is 1. The molecule has 0 fully saturated rings. The molecule has 0 aromatic heterocycles. The van der Waals surface area contributed by atoms with Gasteiger partial charge in [0.25, 0.3) is 0 Å². The standard InChI is InChI=1S/C16H26N2O3/c1-11(2)9-16(3,4)18-15(21)17-10-14(20)12-6-5-7-13(19)8-12/h5-8,11,14,19-20H,9-10H2,1-4H3,(H2,17,18,21)/t14-/m0/s1. The van der Waals surface area contributed by atoms with Crippen molar-refractivity contribution >= 4 is 6.03 Å². The lowest BCUT2D eigenvalue weighted by molar-refractivity contribution is 0.170. The molecule has 0 radical (unpaired) electrons. The normalized spacial score (nSPS) is 13.0. The van der Waals surface area contributed by atoms with Gasteiger partial charge in [-0.2, -0.15) is 0 Å². The van der Waals surface area contributed by atoms with Gasteiger partial charge in [-0.05, 0) is 43.9 Å². The van der Waals surface area contributed by atoms with Crippen LogP contribution in [-0.4, -0.2) is 28.3 Å². The van der Waals surface area contributed by atoms with E-state index in [0.29, 0.717) is 11.5 Å². The lowest BCUT2D eigenvalue weighted by Gasteiger charge is -2.28. The lowest BCUT2D eigenvalue weighted by atomic mass is 9.93. The van der Waals surface area contributed by atoms with Crippen LogP contribution < -0.4 is 10.6 Å². The zero-order valence-electron chi connectivity index (χ0n) is 13.2.